The first kappa shape index (κ1) is 9.85. The van der Waals surface area contributed by atoms with Gasteiger partial charge in [0.25, 0.3) is 0 Å². The first-order valence-corrected chi connectivity index (χ1v) is 5.36. The van der Waals surface area contributed by atoms with Gasteiger partial charge in [-0.05, 0) is 24.6 Å². The molecular weight excluding hydrogens is 196 g/mol. The molecule has 0 radical (unpaired) electrons. The van der Waals surface area contributed by atoms with E-state index < -0.39 is 0 Å². The van der Waals surface area contributed by atoms with Crippen molar-refractivity contribution in [2.24, 2.45) is 0 Å². The first-order valence-electron chi connectivity index (χ1n) is 4.92. The maximum absolute atomic E-state index is 6.06. The summed E-state index contributed by atoms with van der Waals surface area (Å²) in [5.74, 6) is 1.01. The molecule has 0 bridgehead atoms. The van der Waals surface area contributed by atoms with Crippen LogP contribution >= 0.6 is 11.6 Å². The van der Waals surface area contributed by atoms with Crippen LogP contribution in [-0.4, -0.2) is 6.61 Å². The highest BCUT2D eigenvalue weighted by atomic mass is 35.5. The molecule has 1 aliphatic rings. The van der Waals surface area contributed by atoms with E-state index in [1.54, 1.807) is 0 Å². The van der Waals surface area contributed by atoms with Gasteiger partial charge >= 0.3 is 0 Å². The molecule has 0 amide bonds. The van der Waals surface area contributed by atoms with Crippen LogP contribution < -0.4 is 4.74 Å². The minimum absolute atomic E-state index is 0.0664. The molecule has 0 saturated carbocycles. The van der Waals surface area contributed by atoms with E-state index in [4.69, 9.17) is 16.3 Å². The summed E-state index contributed by atoms with van der Waals surface area (Å²) in [7, 11) is 0. The molecule has 2 rings (SSSR count). The molecule has 0 aliphatic carbocycles. The van der Waals surface area contributed by atoms with Gasteiger partial charge in [-0.1, -0.05) is 19.9 Å². The van der Waals surface area contributed by atoms with Gasteiger partial charge in [0.2, 0.25) is 0 Å². The van der Waals surface area contributed by atoms with Gasteiger partial charge in [0.1, 0.15) is 5.75 Å². The van der Waals surface area contributed by atoms with Crippen molar-refractivity contribution >= 4 is 11.6 Å². The SMILES string of the molecule is CC(Cl)c1ccc2c(c1)C(C)(C)CO2. The van der Waals surface area contributed by atoms with Gasteiger partial charge in [-0.3, -0.25) is 0 Å². The lowest BCUT2D eigenvalue weighted by atomic mass is 9.86. The highest BCUT2D eigenvalue weighted by Gasteiger charge is 2.31. The second-order valence-electron chi connectivity index (χ2n) is 4.54. The van der Waals surface area contributed by atoms with E-state index in [2.05, 4.69) is 19.9 Å². The highest BCUT2D eigenvalue weighted by Crippen LogP contribution is 2.40. The molecule has 1 nitrogen and oxygen atoms in total. The molecule has 0 saturated heterocycles. The summed E-state index contributed by atoms with van der Waals surface area (Å²) < 4.78 is 5.61. The maximum Gasteiger partial charge on any atom is 0.123 e. The summed E-state index contributed by atoms with van der Waals surface area (Å²) in [6.07, 6.45) is 0. The summed E-state index contributed by atoms with van der Waals surface area (Å²) in [5.41, 5.74) is 2.57. The van der Waals surface area contributed by atoms with Crippen LogP contribution in [0.3, 0.4) is 0 Å². The fraction of sp³-hybridized carbons (Fsp3) is 0.500. The van der Waals surface area contributed by atoms with Gasteiger partial charge < -0.3 is 4.74 Å². The van der Waals surface area contributed by atoms with Gasteiger partial charge in [-0.2, -0.15) is 0 Å². The van der Waals surface area contributed by atoms with Crippen molar-refractivity contribution in [1.82, 2.24) is 0 Å². The van der Waals surface area contributed by atoms with Crippen molar-refractivity contribution in [2.75, 3.05) is 6.61 Å². The first-order chi connectivity index (χ1) is 6.50. The minimum atomic E-state index is 0.0664. The standard InChI is InChI=1S/C12H15ClO/c1-8(13)9-4-5-11-10(6-9)12(2,3)7-14-11/h4-6,8H,7H2,1-3H3. The van der Waals surface area contributed by atoms with Crippen LogP contribution in [0.15, 0.2) is 18.2 Å². The predicted octanol–water partition coefficient (Wildman–Crippen LogP) is 3.66. The summed E-state index contributed by atoms with van der Waals surface area (Å²) in [4.78, 5) is 0. The number of hydrogen-bond acceptors (Lipinski definition) is 1. The summed E-state index contributed by atoms with van der Waals surface area (Å²) in [6, 6.07) is 6.23. The van der Waals surface area contributed by atoms with Crippen molar-refractivity contribution in [2.45, 2.75) is 31.6 Å². The molecule has 1 aromatic rings. The Balaban J connectivity index is 2.48. The average Bonchev–Trinajstić information content (AvgIpc) is 2.42. The number of ether oxygens (including phenoxy) is 1. The monoisotopic (exact) mass is 210 g/mol. The predicted molar refractivity (Wildman–Crippen MR) is 59.2 cm³/mol. The van der Waals surface area contributed by atoms with Gasteiger partial charge in [-0.25, -0.2) is 0 Å². The second-order valence-corrected chi connectivity index (χ2v) is 5.20. The van der Waals surface area contributed by atoms with Crippen LogP contribution in [0.1, 0.15) is 37.3 Å². The zero-order valence-corrected chi connectivity index (χ0v) is 9.56. The second kappa shape index (κ2) is 3.16. The molecule has 1 aromatic carbocycles. The molecule has 2 heteroatoms. The quantitative estimate of drug-likeness (QED) is 0.643. The van der Waals surface area contributed by atoms with Gasteiger partial charge in [-0.15, -0.1) is 11.6 Å². The van der Waals surface area contributed by atoms with E-state index in [9.17, 15) is 0 Å². The molecule has 76 valence electrons. The fourth-order valence-corrected chi connectivity index (χ4v) is 1.92. The lowest BCUT2D eigenvalue weighted by Gasteiger charge is -2.16. The summed E-state index contributed by atoms with van der Waals surface area (Å²) >= 11 is 6.06. The van der Waals surface area contributed by atoms with E-state index in [1.165, 1.54) is 11.1 Å². The summed E-state index contributed by atoms with van der Waals surface area (Å²) in [5, 5.41) is 0.0664. The molecule has 1 aliphatic heterocycles. The lowest BCUT2D eigenvalue weighted by Crippen LogP contribution is -2.18. The van der Waals surface area contributed by atoms with E-state index >= 15 is 0 Å². The van der Waals surface area contributed by atoms with Crippen molar-refractivity contribution in [3.8, 4) is 5.75 Å². The normalized spacial score (nSPS) is 20.0. The van der Waals surface area contributed by atoms with E-state index in [1.807, 2.05) is 19.1 Å². The Bertz CT molecular complexity index is 355. The third-order valence-electron chi connectivity index (χ3n) is 2.78. The molecule has 14 heavy (non-hydrogen) atoms. The Morgan fingerprint density at radius 3 is 2.79 bits per heavy atom. The fourth-order valence-electron chi connectivity index (χ4n) is 1.79. The smallest absolute Gasteiger partial charge is 0.123 e. The number of halogens is 1. The minimum Gasteiger partial charge on any atom is -0.492 e. The molecule has 0 N–H and O–H groups in total. The Morgan fingerprint density at radius 2 is 2.14 bits per heavy atom. The molecule has 0 spiro atoms. The van der Waals surface area contributed by atoms with Crippen LogP contribution in [0.25, 0.3) is 0 Å². The van der Waals surface area contributed by atoms with Crippen molar-refractivity contribution < 1.29 is 4.74 Å². The van der Waals surface area contributed by atoms with E-state index in [0.29, 0.717) is 0 Å². The van der Waals surface area contributed by atoms with Gasteiger partial charge in [0.15, 0.2) is 0 Å². The lowest BCUT2D eigenvalue weighted by molar-refractivity contribution is 0.291. The average molecular weight is 211 g/mol. The number of alkyl halides is 1. The van der Waals surface area contributed by atoms with Gasteiger partial charge in [0.05, 0.1) is 12.0 Å². The molecule has 0 aromatic heterocycles. The topological polar surface area (TPSA) is 9.23 Å². The maximum atomic E-state index is 6.06. The van der Waals surface area contributed by atoms with Crippen molar-refractivity contribution in [3.05, 3.63) is 29.3 Å². The van der Waals surface area contributed by atoms with Crippen LogP contribution in [0.5, 0.6) is 5.75 Å². The van der Waals surface area contributed by atoms with E-state index in [0.717, 1.165) is 12.4 Å². The number of hydrogen-bond donors (Lipinski definition) is 0. The van der Waals surface area contributed by atoms with Crippen LogP contribution in [0, 0.1) is 0 Å². The zero-order valence-electron chi connectivity index (χ0n) is 8.80. The van der Waals surface area contributed by atoms with Crippen LogP contribution in [-0.2, 0) is 5.41 Å². The van der Waals surface area contributed by atoms with Crippen LogP contribution in [0.4, 0.5) is 0 Å². The third-order valence-corrected chi connectivity index (χ3v) is 3.03. The number of rotatable bonds is 1. The molecule has 1 heterocycles. The van der Waals surface area contributed by atoms with Gasteiger partial charge in [0, 0.05) is 11.0 Å². The largest absolute Gasteiger partial charge is 0.492 e. The highest BCUT2D eigenvalue weighted by molar-refractivity contribution is 6.20. The Kier molecular flexibility index (Phi) is 2.23. The Hall–Kier alpha value is -0.690. The number of benzene rings is 1. The third kappa shape index (κ3) is 1.50. The summed E-state index contributed by atoms with van der Waals surface area (Å²) in [6.45, 7) is 7.15. The Labute approximate surface area is 90.0 Å². The molecule has 1 unspecified atom stereocenters. The molecule has 1 atom stereocenters. The number of fused-ring (bicyclic) bond motifs is 1. The Morgan fingerprint density at radius 1 is 1.43 bits per heavy atom. The van der Waals surface area contributed by atoms with Crippen molar-refractivity contribution in [3.63, 3.8) is 0 Å². The van der Waals surface area contributed by atoms with E-state index in [-0.39, 0.29) is 10.8 Å². The van der Waals surface area contributed by atoms with Crippen LogP contribution in [0.2, 0.25) is 0 Å². The molecular formula is C12H15ClO. The zero-order chi connectivity index (χ0) is 10.3. The van der Waals surface area contributed by atoms with Crippen molar-refractivity contribution in [1.29, 1.82) is 0 Å². The molecule has 0 fully saturated rings.